The molecule has 0 bridgehead atoms. The Morgan fingerprint density at radius 2 is 1.97 bits per heavy atom. The van der Waals surface area contributed by atoms with Gasteiger partial charge >= 0.3 is 12.1 Å². The molecule has 11 nitrogen and oxygen atoms in total. The molecule has 0 atom stereocenters. The Balaban J connectivity index is 1.53. The van der Waals surface area contributed by atoms with Crippen molar-refractivity contribution in [2.45, 2.75) is 32.7 Å². The first-order valence-electron chi connectivity index (χ1n) is 10.4. The van der Waals surface area contributed by atoms with Crippen molar-refractivity contribution in [3.05, 3.63) is 40.8 Å². The second-order valence-corrected chi connectivity index (χ2v) is 9.60. The van der Waals surface area contributed by atoms with Crippen molar-refractivity contribution in [3.8, 4) is 0 Å². The summed E-state index contributed by atoms with van der Waals surface area (Å²) in [7, 11) is 3.29. The maximum Gasteiger partial charge on any atom is 0.330 e. The number of hydrogen-bond donors (Lipinski definition) is 3. The van der Waals surface area contributed by atoms with E-state index in [2.05, 4.69) is 36.1 Å². The number of amides is 4. The predicted octanol–water partition coefficient (Wildman–Crippen LogP) is 4.03. The van der Waals surface area contributed by atoms with Crippen LogP contribution in [0.5, 0.6) is 0 Å². The lowest BCUT2D eigenvalue weighted by Gasteiger charge is -2.34. The zero-order valence-corrected chi connectivity index (χ0v) is 20.1. The van der Waals surface area contributed by atoms with E-state index in [1.54, 1.807) is 20.3 Å². The zero-order chi connectivity index (χ0) is 24.6. The second-order valence-electron chi connectivity index (χ2n) is 8.63. The summed E-state index contributed by atoms with van der Waals surface area (Å²) in [5.74, 6) is 0.245. The van der Waals surface area contributed by atoms with Crippen molar-refractivity contribution >= 4 is 51.7 Å². The van der Waals surface area contributed by atoms with Crippen LogP contribution in [0.1, 0.15) is 31.3 Å². The van der Waals surface area contributed by atoms with Gasteiger partial charge in [0, 0.05) is 37.0 Å². The first kappa shape index (κ1) is 23.3. The van der Waals surface area contributed by atoms with Crippen molar-refractivity contribution in [2.24, 2.45) is 0 Å². The fourth-order valence-corrected chi connectivity index (χ4v) is 4.03. The Kier molecular flexibility index (Phi) is 6.04. The van der Waals surface area contributed by atoms with Gasteiger partial charge in [-0.1, -0.05) is 32.1 Å². The predicted molar refractivity (Wildman–Crippen MR) is 129 cm³/mol. The average molecular weight is 486 g/mol. The molecular formula is C21H24FN9O2S. The van der Waals surface area contributed by atoms with Gasteiger partial charge in [0.15, 0.2) is 0 Å². The van der Waals surface area contributed by atoms with E-state index < -0.39 is 11.8 Å². The summed E-state index contributed by atoms with van der Waals surface area (Å²) in [6, 6.07) is 3.04. The van der Waals surface area contributed by atoms with Crippen LogP contribution in [0.25, 0.3) is 0 Å². The number of carbonyl (C=O) groups is 2. The summed E-state index contributed by atoms with van der Waals surface area (Å²) in [5.41, 5.74) is 0.839. The molecule has 0 spiro atoms. The summed E-state index contributed by atoms with van der Waals surface area (Å²) >= 11 is 1.24. The van der Waals surface area contributed by atoms with Crippen LogP contribution in [0.2, 0.25) is 0 Å². The number of nitrogens with one attached hydrogen (secondary N) is 3. The molecule has 1 aliphatic rings. The highest BCUT2D eigenvalue weighted by Crippen LogP contribution is 2.32. The highest BCUT2D eigenvalue weighted by molar-refractivity contribution is 7.15. The summed E-state index contributed by atoms with van der Waals surface area (Å²) in [6.07, 6.45) is 1.63. The van der Waals surface area contributed by atoms with Gasteiger partial charge in [0.25, 0.3) is 0 Å². The molecular weight excluding hydrogens is 461 g/mol. The molecule has 3 N–H and O–H groups in total. The van der Waals surface area contributed by atoms with E-state index in [1.807, 2.05) is 20.8 Å². The smallest absolute Gasteiger partial charge is 0.330 e. The topological polar surface area (TPSA) is 128 Å². The van der Waals surface area contributed by atoms with Crippen LogP contribution in [-0.2, 0) is 12.0 Å². The lowest BCUT2D eigenvalue weighted by molar-refractivity contribution is 0.251. The van der Waals surface area contributed by atoms with Crippen molar-refractivity contribution in [2.75, 3.05) is 39.8 Å². The second kappa shape index (κ2) is 8.82. The number of carbonyl (C=O) groups excluding carboxylic acids is 2. The molecule has 0 aliphatic carbocycles. The van der Waals surface area contributed by atoms with Gasteiger partial charge in [-0.2, -0.15) is 4.98 Å². The van der Waals surface area contributed by atoms with Gasteiger partial charge in [-0.3, -0.25) is 15.1 Å². The molecule has 2 aromatic heterocycles. The van der Waals surface area contributed by atoms with E-state index in [-0.39, 0.29) is 23.7 Å². The van der Waals surface area contributed by atoms with Gasteiger partial charge in [0.1, 0.15) is 16.6 Å². The van der Waals surface area contributed by atoms with E-state index in [0.29, 0.717) is 22.6 Å². The van der Waals surface area contributed by atoms with Gasteiger partial charge in [-0.05, 0) is 18.2 Å². The fraction of sp³-hybridized carbons (Fsp3) is 0.333. The number of aromatic nitrogens is 4. The summed E-state index contributed by atoms with van der Waals surface area (Å²) in [6.45, 7) is 6.16. The summed E-state index contributed by atoms with van der Waals surface area (Å²) in [4.78, 5) is 36.8. The minimum Gasteiger partial charge on any atom is -0.357 e. The Hall–Kier alpha value is -3.87. The van der Waals surface area contributed by atoms with Gasteiger partial charge in [0.05, 0.1) is 12.2 Å². The fourth-order valence-electron chi connectivity index (χ4n) is 3.24. The molecule has 1 aliphatic heterocycles. The third kappa shape index (κ3) is 4.59. The number of nitrogens with zero attached hydrogens (tertiary/aromatic N) is 6. The van der Waals surface area contributed by atoms with E-state index in [4.69, 9.17) is 0 Å². The Bertz CT molecular complexity index is 1260. The Labute approximate surface area is 199 Å². The van der Waals surface area contributed by atoms with Crippen LogP contribution in [-0.4, -0.2) is 46.3 Å². The van der Waals surface area contributed by atoms with Crippen LogP contribution < -0.4 is 25.8 Å². The number of rotatable bonds is 4. The standard InChI is InChI=1S/C21H24FN9O2S/c1-21(2,3)16-28-29-19(34-16)27-18(32)25-14-8-12(6-7-13(14)22)31-10-11-9-24-17(23-4)26-15(11)30(5)20(31)33/h6-9H,10H2,1-5H3,(H,23,24,26)(H2,25,27,29,32). The Morgan fingerprint density at radius 1 is 1.21 bits per heavy atom. The molecule has 1 aromatic carbocycles. The molecule has 178 valence electrons. The Morgan fingerprint density at radius 3 is 2.65 bits per heavy atom. The van der Waals surface area contributed by atoms with Crippen LogP contribution in [0.3, 0.4) is 0 Å². The van der Waals surface area contributed by atoms with Crippen molar-refractivity contribution in [1.82, 2.24) is 20.2 Å². The van der Waals surface area contributed by atoms with Crippen LogP contribution >= 0.6 is 11.3 Å². The highest BCUT2D eigenvalue weighted by Gasteiger charge is 2.31. The number of hydrogen-bond acceptors (Lipinski definition) is 8. The van der Waals surface area contributed by atoms with Crippen molar-refractivity contribution < 1.29 is 14.0 Å². The molecule has 4 amide bonds. The van der Waals surface area contributed by atoms with Crippen LogP contribution in [0.15, 0.2) is 24.4 Å². The lowest BCUT2D eigenvalue weighted by Crippen LogP contribution is -2.46. The maximum absolute atomic E-state index is 14.5. The van der Waals surface area contributed by atoms with E-state index in [1.165, 1.54) is 39.3 Å². The van der Waals surface area contributed by atoms with Crippen LogP contribution in [0.4, 0.5) is 42.3 Å². The summed E-state index contributed by atoms with van der Waals surface area (Å²) < 4.78 is 14.5. The zero-order valence-electron chi connectivity index (χ0n) is 19.3. The van der Waals surface area contributed by atoms with Gasteiger partial charge in [-0.25, -0.2) is 19.0 Å². The van der Waals surface area contributed by atoms with Crippen LogP contribution in [0, 0.1) is 5.82 Å². The lowest BCUT2D eigenvalue weighted by atomic mass is 9.98. The molecule has 0 unspecified atom stereocenters. The molecule has 0 saturated heterocycles. The first-order valence-corrected chi connectivity index (χ1v) is 11.2. The third-order valence-corrected chi connectivity index (χ3v) is 6.29. The number of halogens is 1. The first-order chi connectivity index (χ1) is 16.1. The third-order valence-electron chi connectivity index (χ3n) is 5.03. The quantitative estimate of drug-likeness (QED) is 0.509. The minimum atomic E-state index is -0.673. The van der Waals surface area contributed by atoms with E-state index in [9.17, 15) is 14.0 Å². The number of fused-ring (bicyclic) bond motifs is 1. The SMILES string of the molecule is CNc1ncc2c(n1)N(C)C(=O)N(c1ccc(F)c(NC(=O)Nc3nnc(C(C)(C)C)s3)c1)C2. The minimum absolute atomic E-state index is 0.0846. The number of benzene rings is 1. The largest absolute Gasteiger partial charge is 0.357 e. The van der Waals surface area contributed by atoms with Gasteiger partial charge in [-0.15, -0.1) is 10.2 Å². The number of urea groups is 2. The maximum atomic E-state index is 14.5. The highest BCUT2D eigenvalue weighted by atomic mass is 32.1. The molecule has 13 heteroatoms. The van der Waals surface area contributed by atoms with E-state index >= 15 is 0 Å². The molecule has 0 radical (unpaired) electrons. The van der Waals surface area contributed by atoms with Gasteiger partial charge < -0.3 is 10.6 Å². The molecule has 3 aromatic rings. The molecule has 0 fully saturated rings. The molecule has 4 rings (SSSR count). The van der Waals surface area contributed by atoms with Crippen molar-refractivity contribution in [3.63, 3.8) is 0 Å². The average Bonchev–Trinajstić information content (AvgIpc) is 3.26. The molecule has 3 heterocycles. The molecule has 34 heavy (non-hydrogen) atoms. The normalized spacial score (nSPS) is 13.5. The summed E-state index contributed by atoms with van der Waals surface area (Å²) in [5, 5.41) is 17.0. The van der Waals surface area contributed by atoms with Gasteiger partial charge in [0.2, 0.25) is 11.1 Å². The van der Waals surface area contributed by atoms with E-state index in [0.717, 1.165) is 10.6 Å². The molecule has 0 saturated carbocycles. The van der Waals surface area contributed by atoms with Crippen molar-refractivity contribution in [1.29, 1.82) is 0 Å². The number of anilines is 5. The monoisotopic (exact) mass is 485 g/mol.